The summed E-state index contributed by atoms with van der Waals surface area (Å²) in [5, 5.41) is 4.74. The van der Waals surface area contributed by atoms with E-state index in [-0.39, 0.29) is 17.8 Å². The zero-order valence-electron chi connectivity index (χ0n) is 15.1. The van der Waals surface area contributed by atoms with Gasteiger partial charge in [0.15, 0.2) is 0 Å². The van der Waals surface area contributed by atoms with Gasteiger partial charge in [-0.2, -0.15) is 13.2 Å². The molecular weight excluding hydrogens is 353 g/mol. The quantitative estimate of drug-likeness (QED) is 0.721. The highest BCUT2D eigenvalue weighted by Gasteiger charge is 2.31. The molecule has 0 bridgehead atoms. The van der Waals surface area contributed by atoms with Crippen LogP contribution in [0.4, 0.5) is 29.3 Å². The first kappa shape index (κ1) is 21.8. The number of carbonyl (C=O) groups excluding carboxylic acids is 2. The number of hydrogen-bond acceptors (Lipinski definition) is 4. The van der Waals surface area contributed by atoms with Gasteiger partial charge in [0.2, 0.25) is 5.91 Å². The molecule has 0 fully saturated rings. The van der Waals surface area contributed by atoms with E-state index in [2.05, 4.69) is 10.6 Å². The molecule has 26 heavy (non-hydrogen) atoms. The van der Waals surface area contributed by atoms with Crippen LogP contribution in [0.1, 0.15) is 39.2 Å². The maximum atomic E-state index is 12.9. The molecule has 0 aliphatic carbocycles. The van der Waals surface area contributed by atoms with Gasteiger partial charge in [0.25, 0.3) is 0 Å². The average molecular weight is 376 g/mol. The highest BCUT2D eigenvalue weighted by molar-refractivity contribution is 5.98. The second-order valence-corrected chi connectivity index (χ2v) is 6.53. The van der Waals surface area contributed by atoms with Gasteiger partial charge in [0.1, 0.15) is 5.60 Å². The van der Waals surface area contributed by atoms with E-state index in [1.165, 1.54) is 7.11 Å². The zero-order valence-corrected chi connectivity index (χ0v) is 15.1. The average Bonchev–Trinajstić information content (AvgIpc) is 2.46. The Hall–Kier alpha value is -2.29. The standard InChI is InChI=1S/C17H23F3N2O4/c1-16(2,3)26-15(24)22-12-8-7-11(17(18,19)20)10-13(12)21-14(23)6-5-9-25-4/h7-8,10H,5-6,9H2,1-4H3,(H,21,23)(H,22,24). The van der Waals surface area contributed by atoms with Crippen molar-refractivity contribution in [2.75, 3.05) is 24.4 Å². The van der Waals surface area contributed by atoms with Crippen molar-refractivity contribution in [1.29, 1.82) is 0 Å². The molecule has 0 saturated carbocycles. The Morgan fingerprint density at radius 3 is 2.27 bits per heavy atom. The van der Waals surface area contributed by atoms with E-state index in [1.54, 1.807) is 20.8 Å². The Labute approximate surface area is 150 Å². The lowest BCUT2D eigenvalue weighted by molar-refractivity contribution is -0.137. The number of nitrogens with one attached hydrogen (secondary N) is 2. The first-order valence-electron chi connectivity index (χ1n) is 7.92. The van der Waals surface area contributed by atoms with Gasteiger partial charge < -0.3 is 14.8 Å². The maximum absolute atomic E-state index is 12.9. The van der Waals surface area contributed by atoms with E-state index in [4.69, 9.17) is 9.47 Å². The number of alkyl halides is 3. The number of carbonyl (C=O) groups is 2. The number of benzene rings is 1. The number of ether oxygens (including phenoxy) is 2. The zero-order chi connectivity index (χ0) is 20.0. The third-order valence-electron chi connectivity index (χ3n) is 3.01. The molecule has 146 valence electrons. The Kier molecular flexibility index (Phi) is 7.43. The van der Waals surface area contributed by atoms with Crippen LogP contribution < -0.4 is 10.6 Å². The largest absolute Gasteiger partial charge is 0.444 e. The van der Waals surface area contributed by atoms with Gasteiger partial charge >= 0.3 is 12.3 Å². The molecule has 2 N–H and O–H groups in total. The summed E-state index contributed by atoms with van der Waals surface area (Å²) in [6.45, 7) is 5.30. The highest BCUT2D eigenvalue weighted by Crippen LogP contribution is 2.34. The number of methoxy groups -OCH3 is 1. The fourth-order valence-corrected chi connectivity index (χ4v) is 1.94. The summed E-state index contributed by atoms with van der Waals surface area (Å²) >= 11 is 0. The molecule has 2 amide bonds. The Morgan fingerprint density at radius 1 is 1.08 bits per heavy atom. The topological polar surface area (TPSA) is 76.7 Å². The van der Waals surface area contributed by atoms with Crippen molar-refractivity contribution < 1.29 is 32.2 Å². The number of amides is 2. The number of hydrogen-bond donors (Lipinski definition) is 2. The predicted molar refractivity (Wildman–Crippen MR) is 91.0 cm³/mol. The van der Waals surface area contributed by atoms with Crippen molar-refractivity contribution in [2.45, 2.75) is 45.4 Å². The van der Waals surface area contributed by atoms with Crippen molar-refractivity contribution in [3.63, 3.8) is 0 Å². The maximum Gasteiger partial charge on any atom is 0.416 e. The Bertz CT molecular complexity index is 640. The van der Waals surface area contributed by atoms with Crippen molar-refractivity contribution in [3.8, 4) is 0 Å². The highest BCUT2D eigenvalue weighted by atomic mass is 19.4. The summed E-state index contributed by atoms with van der Waals surface area (Å²) in [6.07, 6.45) is -4.95. The van der Waals surface area contributed by atoms with Crippen LogP contribution in [-0.4, -0.2) is 31.3 Å². The predicted octanol–water partition coefficient (Wildman–Crippen LogP) is 4.42. The lowest BCUT2D eigenvalue weighted by Gasteiger charge is -2.21. The molecule has 0 radical (unpaired) electrons. The minimum Gasteiger partial charge on any atom is -0.444 e. The van der Waals surface area contributed by atoms with E-state index < -0.39 is 29.3 Å². The molecule has 1 aromatic rings. The minimum atomic E-state index is -4.58. The van der Waals surface area contributed by atoms with Crippen LogP contribution in [0.5, 0.6) is 0 Å². The van der Waals surface area contributed by atoms with Crippen molar-refractivity contribution in [2.24, 2.45) is 0 Å². The van der Waals surface area contributed by atoms with Gasteiger partial charge in [-0.1, -0.05) is 0 Å². The van der Waals surface area contributed by atoms with Gasteiger partial charge in [0.05, 0.1) is 16.9 Å². The van der Waals surface area contributed by atoms with E-state index in [0.717, 1.165) is 18.2 Å². The fourth-order valence-electron chi connectivity index (χ4n) is 1.94. The smallest absolute Gasteiger partial charge is 0.416 e. The summed E-state index contributed by atoms with van der Waals surface area (Å²) in [7, 11) is 1.48. The van der Waals surface area contributed by atoms with Crippen molar-refractivity contribution in [1.82, 2.24) is 0 Å². The normalized spacial score (nSPS) is 11.8. The van der Waals surface area contributed by atoms with Gasteiger partial charge in [-0.15, -0.1) is 0 Å². The molecular formula is C17H23F3N2O4. The van der Waals surface area contributed by atoms with Crippen LogP contribution in [0, 0.1) is 0 Å². The van der Waals surface area contributed by atoms with Crippen LogP contribution >= 0.6 is 0 Å². The molecule has 0 aromatic heterocycles. The first-order valence-corrected chi connectivity index (χ1v) is 7.92. The number of halogens is 3. The van der Waals surface area contributed by atoms with Crippen LogP contribution in [-0.2, 0) is 20.4 Å². The molecule has 0 heterocycles. The van der Waals surface area contributed by atoms with E-state index in [0.29, 0.717) is 13.0 Å². The van der Waals surface area contributed by atoms with E-state index in [1.807, 2.05) is 0 Å². The van der Waals surface area contributed by atoms with Gasteiger partial charge in [-0.3, -0.25) is 10.1 Å². The summed E-state index contributed by atoms with van der Waals surface area (Å²) < 4.78 is 48.7. The molecule has 0 atom stereocenters. The molecule has 9 heteroatoms. The molecule has 0 unspecified atom stereocenters. The van der Waals surface area contributed by atoms with Crippen molar-refractivity contribution in [3.05, 3.63) is 23.8 Å². The van der Waals surface area contributed by atoms with Crippen molar-refractivity contribution >= 4 is 23.4 Å². The first-order chi connectivity index (χ1) is 11.9. The molecule has 0 saturated heterocycles. The van der Waals surface area contributed by atoms with E-state index in [9.17, 15) is 22.8 Å². The van der Waals surface area contributed by atoms with E-state index >= 15 is 0 Å². The second kappa shape index (κ2) is 8.88. The Morgan fingerprint density at radius 2 is 1.73 bits per heavy atom. The fraction of sp³-hybridized carbons (Fsp3) is 0.529. The van der Waals surface area contributed by atoms with Crippen LogP contribution in [0.15, 0.2) is 18.2 Å². The molecule has 1 aromatic carbocycles. The summed E-state index contributed by atoms with van der Waals surface area (Å²) in [5.74, 6) is -0.492. The molecule has 1 rings (SSSR count). The second-order valence-electron chi connectivity index (χ2n) is 6.53. The van der Waals surface area contributed by atoms with Crippen LogP contribution in [0.25, 0.3) is 0 Å². The summed E-state index contributed by atoms with van der Waals surface area (Å²) in [4.78, 5) is 23.8. The van der Waals surface area contributed by atoms with Gasteiger partial charge in [0, 0.05) is 20.1 Å². The molecule has 0 aliphatic heterocycles. The molecule has 6 nitrogen and oxygen atoms in total. The lowest BCUT2D eigenvalue weighted by atomic mass is 10.1. The monoisotopic (exact) mass is 376 g/mol. The van der Waals surface area contributed by atoms with Crippen LogP contribution in [0.3, 0.4) is 0 Å². The third kappa shape index (κ3) is 7.73. The van der Waals surface area contributed by atoms with Gasteiger partial charge in [-0.05, 0) is 45.4 Å². The Balaban J connectivity index is 3.01. The molecule has 0 aliphatic rings. The molecule has 0 spiro atoms. The minimum absolute atomic E-state index is 0.00680. The van der Waals surface area contributed by atoms with Gasteiger partial charge in [-0.25, -0.2) is 4.79 Å². The SMILES string of the molecule is COCCCC(=O)Nc1cc(C(F)(F)F)ccc1NC(=O)OC(C)(C)C. The van der Waals surface area contributed by atoms with Crippen LogP contribution in [0.2, 0.25) is 0 Å². The lowest BCUT2D eigenvalue weighted by Crippen LogP contribution is -2.27. The summed E-state index contributed by atoms with van der Waals surface area (Å²) in [5.41, 5.74) is -1.88. The number of rotatable bonds is 6. The number of anilines is 2. The third-order valence-corrected chi connectivity index (χ3v) is 3.01. The summed E-state index contributed by atoms with van der Waals surface area (Å²) in [6, 6.07) is 2.64.